The number of hydrogen-bond donors (Lipinski definition) is 2. The van der Waals surface area contributed by atoms with Crippen LogP contribution in [-0.4, -0.2) is 42.2 Å². The summed E-state index contributed by atoms with van der Waals surface area (Å²) in [7, 11) is 0. The quantitative estimate of drug-likeness (QED) is 0.730. The number of phenolic OH excluding ortho intramolecular Hbond substituents is 1. The lowest BCUT2D eigenvalue weighted by molar-refractivity contribution is -0.133. The molecule has 1 aliphatic heterocycles. The minimum absolute atomic E-state index is 0.0265. The molecule has 0 saturated carbocycles. The highest BCUT2D eigenvalue weighted by atomic mass is 16.3. The van der Waals surface area contributed by atoms with Gasteiger partial charge in [-0.25, -0.2) is 4.98 Å². The maximum atomic E-state index is 13.1. The van der Waals surface area contributed by atoms with Crippen LogP contribution in [0.1, 0.15) is 46.7 Å². The Hall–Kier alpha value is -3.09. The van der Waals surface area contributed by atoms with Crippen LogP contribution in [-0.2, 0) is 24.3 Å². The van der Waals surface area contributed by atoms with Crippen molar-refractivity contribution in [2.24, 2.45) is 0 Å². The van der Waals surface area contributed by atoms with Gasteiger partial charge >= 0.3 is 0 Å². The molecule has 0 saturated heterocycles. The fourth-order valence-electron chi connectivity index (χ4n) is 4.14. The topological polar surface area (TPSA) is 87.0 Å². The molecule has 0 aliphatic carbocycles. The van der Waals surface area contributed by atoms with Gasteiger partial charge in [-0.15, -0.1) is 0 Å². The van der Waals surface area contributed by atoms with Crippen LogP contribution in [0.25, 0.3) is 0 Å². The van der Waals surface area contributed by atoms with E-state index in [1.807, 2.05) is 35.6 Å². The molecule has 1 amide bonds. The molecule has 0 fully saturated rings. The van der Waals surface area contributed by atoms with Gasteiger partial charge in [-0.2, -0.15) is 5.10 Å². The van der Waals surface area contributed by atoms with Crippen molar-refractivity contribution in [1.82, 2.24) is 24.6 Å². The zero-order chi connectivity index (χ0) is 19.8. The molecule has 1 atom stereocenters. The maximum absolute atomic E-state index is 13.1. The Balaban J connectivity index is 1.60. The molecule has 2 N–H and O–H groups in total. The van der Waals surface area contributed by atoms with Gasteiger partial charge < -0.3 is 15.0 Å². The molecule has 0 radical (unpaired) electrons. The van der Waals surface area contributed by atoms with E-state index in [0.29, 0.717) is 13.1 Å². The molecule has 7 nitrogen and oxygen atoms in total. The summed E-state index contributed by atoms with van der Waals surface area (Å²) in [4.78, 5) is 22.6. The zero-order valence-corrected chi connectivity index (χ0v) is 16.4. The van der Waals surface area contributed by atoms with Crippen molar-refractivity contribution in [2.45, 2.75) is 46.2 Å². The van der Waals surface area contributed by atoms with Crippen molar-refractivity contribution in [3.05, 3.63) is 64.5 Å². The van der Waals surface area contributed by atoms with Gasteiger partial charge in [0.25, 0.3) is 0 Å². The highest BCUT2D eigenvalue weighted by Crippen LogP contribution is 2.33. The van der Waals surface area contributed by atoms with E-state index < -0.39 is 0 Å². The number of aromatic amines is 1. The van der Waals surface area contributed by atoms with Crippen LogP contribution >= 0.6 is 0 Å². The van der Waals surface area contributed by atoms with Crippen molar-refractivity contribution < 1.29 is 9.90 Å². The molecule has 1 aromatic carbocycles. The third-order valence-electron chi connectivity index (χ3n) is 5.63. The molecule has 1 aliphatic rings. The number of phenols is 1. The van der Waals surface area contributed by atoms with Gasteiger partial charge in [0.2, 0.25) is 5.91 Å². The van der Waals surface area contributed by atoms with Crippen molar-refractivity contribution in [3.63, 3.8) is 0 Å². The number of aryl methyl sites for hydroxylation is 1. The minimum atomic E-state index is -0.0716. The second-order valence-corrected chi connectivity index (χ2v) is 7.35. The number of imidazole rings is 1. The number of carbonyl (C=O) groups excluding carboxylic acids is 1. The number of aromatic nitrogens is 4. The summed E-state index contributed by atoms with van der Waals surface area (Å²) < 4.78 is 1.81. The summed E-state index contributed by atoms with van der Waals surface area (Å²) >= 11 is 0. The molecular formula is C21H25N5O2. The van der Waals surface area contributed by atoms with Gasteiger partial charge in [0.15, 0.2) is 0 Å². The molecular weight excluding hydrogens is 354 g/mol. The van der Waals surface area contributed by atoms with Crippen LogP contribution in [0.3, 0.4) is 0 Å². The first-order valence-corrected chi connectivity index (χ1v) is 9.59. The summed E-state index contributed by atoms with van der Waals surface area (Å²) in [5.74, 6) is 0.170. The van der Waals surface area contributed by atoms with E-state index in [-0.39, 0.29) is 24.1 Å². The number of fused-ring (bicyclic) bond motifs is 1. The number of rotatable bonds is 4. The van der Waals surface area contributed by atoms with Crippen LogP contribution in [0.15, 0.2) is 30.6 Å². The Kier molecular flexibility index (Phi) is 4.66. The fourth-order valence-corrected chi connectivity index (χ4v) is 4.14. The molecule has 146 valence electrons. The van der Waals surface area contributed by atoms with Crippen molar-refractivity contribution in [1.29, 1.82) is 0 Å². The number of carbonyl (C=O) groups is 1. The number of hydrogen-bond acceptors (Lipinski definition) is 4. The fraction of sp³-hybridized carbons (Fsp3) is 0.381. The first-order chi connectivity index (χ1) is 13.5. The van der Waals surface area contributed by atoms with Crippen LogP contribution in [0.5, 0.6) is 5.75 Å². The Labute approximate surface area is 164 Å². The summed E-state index contributed by atoms with van der Waals surface area (Å²) in [6.45, 7) is 7.37. The summed E-state index contributed by atoms with van der Waals surface area (Å²) in [6.07, 6.45) is 2.58. The smallest absolute Gasteiger partial charge is 0.244 e. The van der Waals surface area contributed by atoms with Gasteiger partial charge in [0.1, 0.15) is 12.3 Å². The molecule has 3 heterocycles. The Bertz CT molecular complexity index is 1020. The first-order valence-electron chi connectivity index (χ1n) is 9.59. The molecule has 2 aromatic heterocycles. The summed E-state index contributed by atoms with van der Waals surface area (Å²) in [6, 6.07) is 7.17. The van der Waals surface area contributed by atoms with Crippen molar-refractivity contribution in [2.75, 3.05) is 6.54 Å². The highest BCUT2D eigenvalue weighted by Gasteiger charge is 2.31. The number of nitrogens with zero attached hydrogens (tertiary/aromatic N) is 4. The average molecular weight is 379 g/mol. The lowest BCUT2D eigenvalue weighted by atomic mass is 9.90. The van der Waals surface area contributed by atoms with E-state index in [9.17, 15) is 9.90 Å². The lowest BCUT2D eigenvalue weighted by Gasteiger charge is -2.32. The van der Waals surface area contributed by atoms with Gasteiger partial charge in [-0.3, -0.25) is 9.48 Å². The molecule has 3 aromatic rings. The van der Waals surface area contributed by atoms with E-state index in [4.69, 9.17) is 0 Å². The van der Waals surface area contributed by atoms with Gasteiger partial charge in [-0.05, 0) is 43.5 Å². The van der Waals surface area contributed by atoms with Gasteiger partial charge in [0, 0.05) is 18.2 Å². The number of H-pyrrole nitrogens is 1. The number of amides is 1. The van der Waals surface area contributed by atoms with E-state index in [1.54, 1.807) is 18.5 Å². The largest absolute Gasteiger partial charge is 0.508 e. The molecule has 0 bridgehead atoms. The average Bonchev–Trinajstić information content (AvgIpc) is 3.25. The third kappa shape index (κ3) is 3.17. The second-order valence-electron chi connectivity index (χ2n) is 7.35. The molecule has 4 rings (SSSR count). The third-order valence-corrected chi connectivity index (χ3v) is 5.63. The predicted octanol–water partition coefficient (Wildman–Crippen LogP) is 2.67. The number of benzene rings is 1. The molecule has 7 heteroatoms. The Morgan fingerprint density at radius 1 is 1.36 bits per heavy atom. The first kappa shape index (κ1) is 18.3. The maximum Gasteiger partial charge on any atom is 0.244 e. The van der Waals surface area contributed by atoms with Crippen LogP contribution in [0.4, 0.5) is 0 Å². The van der Waals surface area contributed by atoms with Gasteiger partial charge in [-0.1, -0.05) is 19.1 Å². The van der Waals surface area contributed by atoms with Crippen LogP contribution in [0, 0.1) is 13.8 Å². The lowest BCUT2D eigenvalue weighted by Crippen LogP contribution is -2.40. The van der Waals surface area contributed by atoms with Crippen molar-refractivity contribution in [3.8, 4) is 5.75 Å². The van der Waals surface area contributed by atoms with Gasteiger partial charge in [0.05, 0.1) is 30.0 Å². The van der Waals surface area contributed by atoms with Crippen LogP contribution in [0.2, 0.25) is 0 Å². The zero-order valence-electron chi connectivity index (χ0n) is 16.4. The predicted molar refractivity (Wildman–Crippen MR) is 105 cm³/mol. The molecule has 28 heavy (non-hydrogen) atoms. The summed E-state index contributed by atoms with van der Waals surface area (Å²) in [5.41, 5.74) is 6.08. The molecule has 1 unspecified atom stereocenters. The Morgan fingerprint density at radius 2 is 2.18 bits per heavy atom. The standard InChI is InChI=1S/C21H25N5O2/c1-4-17-13(2)24-26(14(17)3)11-20(28)25-9-18(15-6-5-7-16(27)8-15)21-19(10-25)22-12-23-21/h5-8,12,18,27H,4,9-11H2,1-3H3,(H,22,23). The normalized spacial score (nSPS) is 16.2. The monoisotopic (exact) mass is 379 g/mol. The second kappa shape index (κ2) is 7.14. The Morgan fingerprint density at radius 3 is 2.89 bits per heavy atom. The SMILES string of the molecule is CCc1c(C)nn(CC(=O)N2Cc3[nH]cnc3C(c3cccc(O)c3)C2)c1C. The van der Waals surface area contributed by atoms with E-state index >= 15 is 0 Å². The highest BCUT2D eigenvalue weighted by molar-refractivity contribution is 5.76. The minimum Gasteiger partial charge on any atom is -0.508 e. The van der Waals surface area contributed by atoms with E-state index in [1.165, 1.54) is 5.56 Å². The number of aromatic hydroxyl groups is 1. The van der Waals surface area contributed by atoms with E-state index in [0.717, 1.165) is 34.8 Å². The summed E-state index contributed by atoms with van der Waals surface area (Å²) in [5, 5.41) is 14.4. The van der Waals surface area contributed by atoms with Crippen molar-refractivity contribution >= 4 is 5.91 Å². The number of nitrogens with one attached hydrogen (secondary N) is 1. The molecule has 0 spiro atoms. The van der Waals surface area contributed by atoms with Crippen LogP contribution < -0.4 is 0 Å². The van der Waals surface area contributed by atoms with E-state index in [2.05, 4.69) is 22.0 Å².